The Bertz CT molecular complexity index is 757. The molecule has 0 atom stereocenters. The van der Waals surface area contributed by atoms with E-state index in [1.807, 2.05) is 26.8 Å². The number of hydrogen-bond acceptors (Lipinski definition) is 6. The number of aliphatic imine (C=N–C) groups is 1. The molecule has 0 saturated heterocycles. The summed E-state index contributed by atoms with van der Waals surface area (Å²) in [5, 5.41) is 3.86. The number of carbonyl (C=O) groups is 1. The minimum absolute atomic E-state index is 0.164. The molecule has 0 aliphatic rings. The topological polar surface area (TPSA) is 99.9 Å². The van der Waals surface area contributed by atoms with Crippen LogP contribution >= 0.6 is 0 Å². The first-order valence-electron chi connectivity index (χ1n) is 8.01. The Hall–Kier alpha value is -2.83. The van der Waals surface area contributed by atoms with Crippen molar-refractivity contribution >= 4 is 12.0 Å². The summed E-state index contributed by atoms with van der Waals surface area (Å²) in [5.41, 5.74) is 8.41. The SMILES string of the molecule is CN=C(N)OC(=O)c1cc(C)c(OCCCc2cc(C)no2)c(C)c1. The molecular weight excluding hydrogens is 322 g/mol. The van der Waals surface area contributed by atoms with Gasteiger partial charge >= 0.3 is 5.97 Å². The van der Waals surface area contributed by atoms with Crippen LogP contribution in [-0.2, 0) is 11.2 Å². The van der Waals surface area contributed by atoms with Gasteiger partial charge in [-0.05, 0) is 50.5 Å². The van der Waals surface area contributed by atoms with Crippen molar-refractivity contribution in [1.29, 1.82) is 0 Å². The van der Waals surface area contributed by atoms with Crippen molar-refractivity contribution in [2.24, 2.45) is 10.7 Å². The molecular formula is C18H23N3O4. The second kappa shape index (κ2) is 8.32. The molecule has 0 spiro atoms. The van der Waals surface area contributed by atoms with E-state index >= 15 is 0 Å². The highest BCUT2D eigenvalue weighted by Gasteiger charge is 2.14. The Morgan fingerprint density at radius 3 is 2.48 bits per heavy atom. The van der Waals surface area contributed by atoms with Crippen molar-refractivity contribution in [3.63, 3.8) is 0 Å². The molecule has 2 rings (SSSR count). The predicted octanol–water partition coefficient (Wildman–Crippen LogP) is 2.71. The van der Waals surface area contributed by atoms with Crippen molar-refractivity contribution < 1.29 is 18.8 Å². The molecule has 2 N–H and O–H groups in total. The zero-order valence-electron chi connectivity index (χ0n) is 15.0. The van der Waals surface area contributed by atoms with Crippen LogP contribution in [-0.4, -0.2) is 30.8 Å². The van der Waals surface area contributed by atoms with Crippen molar-refractivity contribution in [3.05, 3.63) is 46.3 Å². The average Bonchev–Trinajstić information content (AvgIpc) is 2.98. The van der Waals surface area contributed by atoms with Crippen LogP contribution in [0.1, 0.15) is 39.4 Å². The zero-order chi connectivity index (χ0) is 18.4. The third-order valence-corrected chi connectivity index (χ3v) is 3.60. The van der Waals surface area contributed by atoms with E-state index in [4.69, 9.17) is 19.7 Å². The number of carbonyl (C=O) groups excluding carboxylic acids is 1. The number of hydrogen-bond donors (Lipinski definition) is 1. The van der Waals surface area contributed by atoms with Gasteiger partial charge in [-0.25, -0.2) is 9.79 Å². The summed E-state index contributed by atoms with van der Waals surface area (Å²) >= 11 is 0. The maximum Gasteiger partial charge on any atom is 0.345 e. The van der Waals surface area contributed by atoms with Gasteiger partial charge in [0.15, 0.2) is 0 Å². The largest absolute Gasteiger partial charge is 0.493 e. The summed E-state index contributed by atoms with van der Waals surface area (Å²) in [6.45, 7) is 6.20. The van der Waals surface area contributed by atoms with E-state index in [1.54, 1.807) is 12.1 Å². The normalized spacial score (nSPS) is 11.4. The molecule has 0 amide bonds. The van der Waals surface area contributed by atoms with E-state index in [0.29, 0.717) is 12.2 Å². The van der Waals surface area contributed by atoms with E-state index in [-0.39, 0.29) is 6.02 Å². The lowest BCUT2D eigenvalue weighted by atomic mass is 10.1. The predicted molar refractivity (Wildman–Crippen MR) is 93.9 cm³/mol. The highest BCUT2D eigenvalue weighted by Crippen LogP contribution is 2.25. The van der Waals surface area contributed by atoms with Crippen LogP contribution < -0.4 is 10.5 Å². The lowest BCUT2D eigenvalue weighted by Gasteiger charge is -2.13. The van der Waals surface area contributed by atoms with Gasteiger partial charge in [0.1, 0.15) is 11.5 Å². The summed E-state index contributed by atoms with van der Waals surface area (Å²) in [6.07, 6.45) is 1.57. The van der Waals surface area contributed by atoms with Gasteiger partial charge in [-0.2, -0.15) is 0 Å². The van der Waals surface area contributed by atoms with Gasteiger partial charge in [0.25, 0.3) is 6.02 Å². The lowest BCUT2D eigenvalue weighted by molar-refractivity contribution is 0.0713. The quantitative estimate of drug-likeness (QED) is 0.374. The first-order valence-corrected chi connectivity index (χ1v) is 8.01. The Balaban J connectivity index is 1.96. The maximum absolute atomic E-state index is 12.0. The molecule has 0 saturated carbocycles. The van der Waals surface area contributed by atoms with E-state index in [2.05, 4.69) is 10.1 Å². The van der Waals surface area contributed by atoms with Gasteiger partial charge in [0, 0.05) is 19.5 Å². The Labute approximate surface area is 146 Å². The van der Waals surface area contributed by atoms with E-state index < -0.39 is 5.97 Å². The lowest BCUT2D eigenvalue weighted by Crippen LogP contribution is -2.21. The minimum atomic E-state index is -0.540. The minimum Gasteiger partial charge on any atom is -0.493 e. The summed E-state index contributed by atoms with van der Waals surface area (Å²) in [6, 6.07) is 5.19. The van der Waals surface area contributed by atoms with Crippen molar-refractivity contribution in [3.8, 4) is 5.75 Å². The molecule has 0 radical (unpaired) electrons. The first kappa shape index (κ1) is 18.5. The molecule has 0 fully saturated rings. The van der Waals surface area contributed by atoms with Crippen molar-refractivity contribution in [2.45, 2.75) is 33.6 Å². The number of aryl methyl sites for hydroxylation is 4. The zero-order valence-corrected chi connectivity index (χ0v) is 15.0. The van der Waals surface area contributed by atoms with Crippen LogP contribution in [0.5, 0.6) is 5.75 Å². The van der Waals surface area contributed by atoms with Crippen molar-refractivity contribution in [2.75, 3.05) is 13.7 Å². The number of amidine groups is 1. The standard InChI is InChI=1S/C18H23N3O4/c1-11-8-14(17(22)24-18(19)20-4)9-12(2)16(11)23-7-5-6-15-10-13(3)21-25-15/h8-10H,5-7H2,1-4H3,(H2,19,20). The molecule has 1 aromatic carbocycles. The second-order valence-electron chi connectivity index (χ2n) is 5.78. The molecule has 0 aliphatic carbocycles. The summed E-state index contributed by atoms with van der Waals surface area (Å²) < 4.78 is 16.0. The molecule has 0 bridgehead atoms. The van der Waals surface area contributed by atoms with Crippen LogP contribution in [0.25, 0.3) is 0 Å². The fraction of sp³-hybridized carbons (Fsp3) is 0.389. The molecule has 0 unspecified atom stereocenters. The fourth-order valence-electron chi connectivity index (χ4n) is 2.45. The molecule has 7 heteroatoms. The molecule has 1 heterocycles. The summed E-state index contributed by atoms with van der Waals surface area (Å²) in [7, 11) is 1.45. The highest BCUT2D eigenvalue weighted by molar-refractivity contribution is 5.97. The van der Waals surface area contributed by atoms with Gasteiger partial charge in [-0.3, -0.25) is 0 Å². The molecule has 134 valence electrons. The maximum atomic E-state index is 12.0. The number of aromatic nitrogens is 1. The number of esters is 1. The Morgan fingerprint density at radius 1 is 1.24 bits per heavy atom. The monoisotopic (exact) mass is 345 g/mol. The van der Waals surface area contributed by atoms with Gasteiger partial charge in [-0.15, -0.1) is 0 Å². The number of benzene rings is 1. The number of nitrogens with two attached hydrogens (primary N) is 1. The molecule has 0 aliphatic heterocycles. The van der Waals surface area contributed by atoms with E-state index in [9.17, 15) is 4.79 Å². The van der Waals surface area contributed by atoms with Crippen LogP contribution in [0, 0.1) is 20.8 Å². The molecule has 25 heavy (non-hydrogen) atoms. The van der Waals surface area contributed by atoms with Gasteiger partial charge in [0.2, 0.25) is 0 Å². The number of ether oxygens (including phenoxy) is 2. The number of rotatable bonds is 6. The molecule has 2 aromatic rings. The van der Waals surface area contributed by atoms with Crippen LogP contribution in [0.4, 0.5) is 0 Å². The van der Waals surface area contributed by atoms with Crippen LogP contribution in [0.2, 0.25) is 0 Å². The molecule has 7 nitrogen and oxygen atoms in total. The van der Waals surface area contributed by atoms with E-state index in [1.165, 1.54) is 7.05 Å². The van der Waals surface area contributed by atoms with Gasteiger partial charge in [-0.1, -0.05) is 5.16 Å². The average molecular weight is 345 g/mol. The third-order valence-electron chi connectivity index (χ3n) is 3.60. The highest BCUT2D eigenvalue weighted by atomic mass is 16.6. The smallest absolute Gasteiger partial charge is 0.345 e. The second-order valence-corrected chi connectivity index (χ2v) is 5.78. The summed E-state index contributed by atoms with van der Waals surface area (Å²) in [5.74, 6) is 1.08. The first-order chi connectivity index (χ1) is 11.9. The van der Waals surface area contributed by atoms with Gasteiger partial charge in [0.05, 0.1) is 17.9 Å². The van der Waals surface area contributed by atoms with Crippen molar-refractivity contribution in [1.82, 2.24) is 5.16 Å². The molecule has 1 aromatic heterocycles. The third kappa shape index (κ3) is 5.07. The van der Waals surface area contributed by atoms with Crippen LogP contribution in [0.3, 0.4) is 0 Å². The van der Waals surface area contributed by atoms with E-state index in [0.717, 1.165) is 41.2 Å². The Morgan fingerprint density at radius 2 is 1.92 bits per heavy atom. The fourth-order valence-corrected chi connectivity index (χ4v) is 2.45. The number of nitrogens with zero attached hydrogens (tertiary/aromatic N) is 2. The summed E-state index contributed by atoms with van der Waals surface area (Å²) in [4.78, 5) is 15.6. The Kier molecular flexibility index (Phi) is 6.16. The van der Waals surface area contributed by atoms with Crippen LogP contribution in [0.15, 0.2) is 27.7 Å². The van der Waals surface area contributed by atoms with Gasteiger partial charge < -0.3 is 19.7 Å².